The van der Waals surface area contributed by atoms with Crippen LogP contribution >= 0.6 is 0 Å². The number of carbonyl (C=O) groups is 1. The second-order valence-corrected chi connectivity index (χ2v) is 4.10. The van der Waals surface area contributed by atoms with Gasteiger partial charge < -0.3 is 5.73 Å². The fraction of sp³-hybridized carbons (Fsp3) is 0.167. The zero-order valence-corrected chi connectivity index (χ0v) is 10.6. The molecule has 1 aromatic carbocycles. The Morgan fingerprint density at radius 3 is 2.71 bits per heavy atom. The Bertz CT molecular complexity index is 692. The summed E-state index contributed by atoms with van der Waals surface area (Å²) in [6.07, 6.45) is -3.08. The van der Waals surface area contributed by atoms with Crippen molar-refractivity contribution in [3.8, 4) is 11.4 Å². The molecule has 1 heterocycles. The number of amides is 1. The van der Waals surface area contributed by atoms with Crippen molar-refractivity contribution in [1.29, 1.82) is 0 Å². The third kappa shape index (κ3) is 2.91. The summed E-state index contributed by atoms with van der Waals surface area (Å²) >= 11 is 0. The van der Waals surface area contributed by atoms with Gasteiger partial charge in [-0.05, 0) is 28.6 Å². The summed E-state index contributed by atoms with van der Waals surface area (Å²) in [4.78, 5) is 11.4. The Labute approximate surface area is 117 Å². The third-order valence-electron chi connectivity index (χ3n) is 2.69. The average Bonchev–Trinajstić information content (AvgIpc) is 2.85. The molecule has 0 aliphatic rings. The van der Waals surface area contributed by atoms with Crippen molar-refractivity contribution in [2.45, 2.75) is 12.7 Å². The molecule has 2 rings (SSSR count). The van der Waals surface area contributed by atoms with Crippen LogP contribution in [0.4, 0.5) is 13.2 Å². The molecule has 1 amide bonds. The maximum atomic E-state index is 12.8. The Morgan fingerprint density at radius 2 is 2.14 bits per heavy atom. The number of carbonyl (C=O) groups excluding carboxylic acids is 1. The van der Waals surface area contributed by atoms with E-state index in [1.807, 2.05) is 0 Å². The number of aromatic nitrogens is 4. The first-order valence-electron chi connectivity index (χ1n) is 5.73. The molecule has 0 spiro atoms. The molecule has 0 bridgehead atoms. The smallest absolute Gasteiger partial charge is 0.366 e. The van der Waals surface area contributed by atoms with Gasteiger partial charge in [0.1, 0.15) is 0 Å². The molecule has 0 saturated carbocycles. The van der Waals surface area contributed by atoms with E-state index in [1.54, 1.807) is 0 Å². The predicted molar refractivity (Wildman–Crippen MR) is 67.0 cm³/mol. The lowest BCUT2D eigenvalue weighted by atomic mass is 10.0. The molecule has 2 aromatic rings. The average molecular weight is 297 g/mol. The summed E-state index contributed by atoms with van der Waals surface area (Å²) in [5.74, 6) is -0.860. The monoisotopic (exact) mass is 297 g/mol. The standard InChI is InChI=1S/C12H10F3N5O/c1-2-5-20-11(17-18-19-20)9-6-7(12(13,14)15)3-4-8(9)10(16)21/h2-4,6H,1,5H2,(H2,16,21). The van der Waals surface area contributed by atoms with E-state index in [-0.39, 0.29) is 23.5 Å². The minimum absolute atomic E-state index is 0.00907. The molecule has 110 valence electrons. The summed E-state index contributed by atoms with van der Waals surface area (Å²) in [7, 11) is 0. The number of rotatable bonds is 4. The van der Waals surface area contributed by atoms with E-state index in [2.05, 4.69) is 22.1 Å². The summed E-state index contributed by atoms with van der Waals surface area (Å²) < 4.78 is 39.6. The molecule has 0 saturated heterocycles. The lowest BCUT2D eigenvalue weighted by Crippen LogP contribution is -2.15. The van der Waals surface area contributed by atoms with Gasteiger partial charge in [-0.25, -0.2) is 4.68 Å². The minimum atomic E-state index is -4.55. The van der Waals surface area contributed by atoms with Crippen LogP contribution < -0.4 is 5.73 Å². The summed E-state index contributed by atoms with van der Waals surface area (Å²) in [6.45, 7) is 3.67. The predicted octanol–water partition coefficient (Wildman–Crippen LogP) is 1.64. The van der Waals surface area contributed by atoms with Crippen LogP contribution in [0.25, 0.3) is 11.4 Å². The quantitative estimate of drug-likeness (QED) is 0.869. The number of hydrogen-bond acceptors (Lipinski definition) is 4. The highest BCUT2D eigenvalue weighted by molar-refractivity contribution is 5.99. The lowest BCUT2D eigenvalue weighted by molar-refractivity contribution is -0.137. The normalized spacial score (nSPS) is 11.4. The largest absolute Gasteiger partial charge is 0.416 e. The van der Waals surface area contributed by atoms with Gasteiger partial charge in [-0.15, -0.1) is 11.7 Å². The molecule has 0 unspecified atom stereocenters. The zero-order chi connectivity index (χ0) is 15.6. The van der Waals surface area contributed by atoms with E-state index in [0.717, 1.165) is 18.2 Å². The van der Waals surface area contributed by atoms with Crippen molar-refractivity contribution >= 4 is 5.91 Å². The molecule has 0 aliphatic carbocycles. The van der Waals surface area contributed by atoms with E-state index < -0.39 is 17.6 Å². The van der Waals surface area contributed by atoms with Gasteiger partial charge in [0.05, 0.1) is 17.7 Å². The second kappa shape index (κ2) is 5.35. The van der Waals surface area contributed by atoms with Crippen LogP contribution in [0.5, 0.6) is 0 Å². The molecule has 0 radical (unpaired) electrons. The molecule has 2 N–H and O–H groups in total. The minimum Gasteiger partial charge on any atom is -0.366 e. The number of hydrogen-bond donors (Lipinski definition) is 1. The van der Waals surface area contributed by atoms with Crippen molar-refractivity contribution in [1.82, 2.24) is 20.2 Å². The molecular weight excluding hydrogens is 287 g/mol. The van der Waals surface area contributed by atoms with Gasteiger partial charge in [-0.2, -0.15) is 13.2 Å². The number of primary amides is 1. The molecule has 0 aliphatic heterocycles. The number of halogens is 3. The van der Waals surface area contributed by atoms with E-state index in [4.69, 9.17) is 5.73 Å². The van der Waals surface area contributed by atoms with Gasteiger partial charge in [0.25, 0.3) is 0 Å². The molecular formula is C12H10F3N5O. The first-order valence-corrected chi connectivity index (χ1v) is 5.73. The second-order valence-electron chi connectivity index (χ2n) is 4.10. The molecule has 0 fully saturated rings. The van der Waals surface area contributed by atoms with Crippen LogP contribution in [-0.4, -0.2) is 26.1 Å². The van der Waals surface area contributed by atoms with Crippen molar-refractivity contribution in [3.05, 3.63) is 42.0 Å². The first kappa shape index (κ1) is 14.7. The van der Waals surface area contributed by atoms with Gasteiger partial charge in [0.2, 0.25) is 5.91 Å². The molecule has 9 heteroatoms. The van der Waals surface area contributed by atoms with Crippen LogP contribution in [0.1, 0.15) is 15.9 Å². The van der Waals surface area contributed by atoms with Crippen LogP contribution in [0, 0.1) is 0 Å². The van der Waals surface area contributed by atoms with E-state index in [0.29, 0.717) is 0 Å². The van der Waals surface area contributed by atoms with Gasteiger partial charge in [-0.3, -0.25) is 4.79 Å². The van der Waals surface area contributed by atoms with Crippen LogP contribution in [0.2, 0.25) is 0 Å². The zero-order valence-electron chi connectivity index (χ0n) is 10.6. The first-order chi connectivity index (χ1) is 9.84. The summed E-state index contributed by atoms with van der Waals surface area (Å²) in [6, 6.07) is 2.59. The fourth-order valence-corrected chi connectivity index (χ4v) is 1.76. The molecule has 21 heavy (non-hydrogen) atoms. The number of benzene rings is 1. The van der Waals surface area contributed by atoms with Crippen molar-refractivity contribution in [3.63, 3.8) is 0 Å². The van der Waals surface area contributed by atoms with Gasteiger partial charge in [0, 0.05) is 5.56 Å². The number of nitrogens with zero attached hydrogens (tertiary/aromatic N) is 4. The van der Waals surface area contributed by atoms with Crippen LogP contribution in [-0.2, 0) is 12.7 Å². The number of alkyl halides is 3. The SMILES string of the molecule is C=CCn1nnnc1-c1cc(C(F)(F)F)ccc1C(N)=O. The highest BCUT2D eigenvalue weighted by atomic mass is 19.4. The maximum Gasteiger partial charge on any atom is 0.416 e. The lowest BCUT2D eigenvalue weighted by Gasteiger charge is -2.11. The molecule has 1 aromatic heterocycles. The number of nitrogens with two attached hydrogens (primary N) is 1. The van der Waals surface area contributed by atoms with E-state index in [9.17, 15) is 18.0 Å². The Balaban J connectivity index is 2.66. The van der Waals surface area contributed by atoms with Crippen molar-refractivity contribution < 1.29 is 18.0 Å². The Morgan fingerprint density at radius 1 is 1.43 bits per heavy atom. The van der Waals surface area contributed by atoms with Gasteiger partial charge in [0.15, 0.2) is 5.82 Å². The number of allylic oxidation sites excluding steroid dienone is 1. The van der Waals surface area contributed by atoms with Gasteiger partial charge >= 0.3 is 6.18 Å². The third-order valence-corrected chi connectivity index (χ3v) is 2.69. The van der Waals surface area contributed by atoms with Crippen LogP contribution in [0.15, 0.2) is 30.9 Å². The highest BCUT2D eigenvalue weighted by Crippen LogP contribution is 2.33. The summed E-state index contributed by atoms with van der Waals surface area (Å²) in [5.41, 5.74) is 4.09. The van der Waals surface area contributed by atoms with E-state index >= 15 is 0 Å². The van der Waals surface area contributed by atoms with E-state index in [1.165, 1.54) is 10.8 Å². The fourth-order valence-electron chi connectivity index (χ4n) is 1.76. The Hall–Kier alpha value is -2.71. The van der Waals surface area contributed by atoms with Crippen LogP contribution in [0.3, 0.4) is 0 Å². The van der Waals surface area contributed by atoms with Crippen molar-refractivity contribution in [2.75, 3.05) is 0 Å². The summed E-state index contributed by atoms with van der Waals surface area (Å²) in [5, 5.41) is 10.7. The van der Waals surface area contributed by atoms with Crippen molar-refractivity contribution in [2.24, 2.45) is 5.73 Å². The number of tetrazole rings is 1. The molecule has 0 atom stereocenters. The highest BCUT2D eigenvalue weighted by Gasteiger charge is 2.32. The Kier molecular flexibility index (Phi) is 3.74. The molecule has 6 nitrogen and oxygen atoms in total. The topological polar surface area (TPSA) is 86.7 Å². The maximum absolute atomic E-state index is 12.8. The van der Waals surface area contributed by atoms with Gasteiger partial charge in [-0.1, -0.05) is 6.08 Å².